The Morgan fingerprint density at radius 3 is 2.04 bits per heavy atom. The van der Waals surface area contributed by atoms with Crippen LogP contribution in [-0.2, 0) is 4.74 Å². The summed E-state index contributed by atoms with van der Waals surface area (Å²) in [4.78, 5) is 9.50. The third kappa shape index (κ3) is 3.92. The minimum Gasteiger partial charge on any atom is -0.377 e. The summed E-state index contributed by atoms with van der Waals surface area (Å²) in [5.74, 6) is 0. The fraction of sp³-hybridized carbons (Fsp3) is 0.182. The molecular formula is C22H21BrN2O. The van der Waals surface area contributed by atoms with Crippen molar-refractivity contribution in [1.29, 1.82) is 0 Å². The number of nitrogens with zero attached hydrogens (tertiary/aromatic N) is 2. The van der Waals surface area contributed by atoms with Gasteiger partial charge >= 0.3 is 0 Å². The van der Waals surface area contributed by atoms with Gasteiger partial charge in [0.15, 0.2) is 0 Å². The van der Waals surface area contributed by atoms with E-state index in [1.807, 2.05) is 56.4 Å². The first-order valence-corrected chi connectivity index (χ1v) is 9.28. The van der Waals surface area contributed by atoms with Crippen LogP contribution in [-0.4, -0.2) is 17.8 Å². The SMILES string of the molecule is COC(C)c1c(N=C(c2ccccc2)c2ccccc2)cnc(C)c1Br. The number of hydrogen-bond acceptors (Lipinski definition) is 3. The molecule has 3 nitrogen and oxygen atoms in total. The van der Waals surface area contributed by atoms with E-state index in [1.165, 1.54) is 0 Å². The van der Waals surface area contributed by atoms with Gasteiger partial charge in [-0.2, -0.15) is 0 Å². The number of aryl methyl sites for hydroxylation is 1. The van der Waals surface area contributed by atoms with Crippen molar-refractivity contribution in [2.45, 2.75) is 20.0 Å². The Morgan fingerprint density at radius 2 is 1.54 bits per heavy atom. The lowest BCUT2D eigenvalue weighted by Crippen LogP contribution is -2.05. The zero-order valence-corrected chi connectivity index (χ0v) is 16.7. The van der Waals surface area contributed by atoms with Crippen molar-refractivity contribution >= 4 is 27.3 Å². The largest absolute Gasteiger partial charge is 0.377 e. The van der Waals surface area contributed by atoms with Crippen LogP contribution in [0.3, 0.4) is 0 Å². The lowest BCUT2D eigenvalue weighted by molar-refractivity contribution is 0.119. The summed E-state index contributed by atoms with van der Waals surface area (Å²) in [6.07, 6.45) is 1.72. The standard InChI is InChI=1S/C22H21BrN2O/c1-15-21(23)20(16(2)26-3)19(14-24-15)25-22(17-10-6-4-7-11-17)18-12-8-5-9-13-18/h4-14,16H,1-3H3. The number of hydrogen-bond donors (Lipinski definition) is 0. The van der Waals surface area contributed by atoms with E-state index in [0.717, 1.165) is 38.3 Å². The van der Waals surface area contributed by atoms with E-state index in [1.54, 1.807) is 7.11 Å². The second kappa shape index (κ2) is 8.39. The lowest BCUT2D eigenvalue weighted by atomic mass is 10.0. The van der Waals surface area contributed by atoms with E-state index >= 15 is 0 Å². The molecular weight excluding hydrogens is 388 g/mol. The van der Waals surface area contributed by atoms with E-state index in [-0.39, 0.29) is 6.10 Å². The van der Waals surface area contributed by atoms with E-state index in [4.69, 9.17) is 9.73 Å². The van der Waals surface area contributed by atoms with E-state index in [2.05, 4.69) is 45.2 Å². The molecule has 4 heteroatoms. The van der Waals surface area contributed by atoms with Crippen molar-refractivity contribution in [3.8, 4) is 0 Å². The van der Waals surface area contributed by atoms with Gasteiger partial charge < -0.3 is 4.74 Å². The van der Waals surface area contributed by atoms with Gasteiger partial charge in [-0.15, -0.1) is 0 Å². The maximum absolute atomic E-state index is 5.58. The van der Waals surface area contributed by atoms with E-state index in [9.17, 15) is 0 Å². The van der Waals surface area contributed by atoms with Crippen LogP contribution in [0, 0.1) is 6.92 Å². The Labute approximate surface area is 162 Å². The van der Waals surface area contributed by atoms with Gasteiger partial charge in [0.1, 0.15) is 0 Å². The highest BCUT2D eigenvalue weighted by atomic mass is 79.9. The third-order valence-corrected chi connectivity index (χ3v) is 5.30. The molecule has 0 spiro atoms. The number of benzene rings is 2. The average Bonchev–Trinajstić information content (AvgIpc) is 2.69. The summed E-state index contributed by atoms with van der Waals surface area (Å²) in [7, 11) is 1.70. The molecule has 1 atom stereocenters. The van der Waals surface area contributed by atoms with Crippen LogP contribution in [0.2, 0.25) is 0 Å². The molecule has 0 aliphatic rings. The highest BCUT2D eigenvalue weighted by Crippen LogP contribution is 2.36. The summed E-state index contributed by atoms with van der Waals surface area (Å²) in [5, 5.41) is 0. The molecule has 0 saturated carbocycles. The Kier molecular flexibility index (Phi) is 5.96. The molecule has 26 heavy (non-hydrogen) atoms. The van der Waals surface area contributed by atoms with Crippen molar-refractivity contribution in [2.75, 3.05) is 7.11 Å². The number of pyridine rings is 1. The Bertz CT molecular complexity index is 867. The van der Waals surface area contributed by atoms with E-state index in [0.29, 0.717) is 0 Å². The van der Waals surface area contributed by atoms with Gasteiger partial charge in [0, 0.05) is 28.3 Å². The number of ether oxygens (including phenoxy) is 1. The molecule has 0 aliphatic heterocycles. The summed E-state index contributed by atoms with van der Waals surface area (Å²) in [6, 6.07) is 20.4. The molecule has 132 valence electrons. The molecule has 3 aromatic rings. The van der Waals surface area contributed by atoms with Crippen LogP contribution in [0.5, 0.6) is 0 Å². The van der Waals surface area contributed by atoms with Crippen LogP contribution in [0.25, 0.3) is 0 Å². The van der Waals surface area contributed by atoms with Crippen molar-refractivity contribution < 1.29 is 4.74 Å². The summed E-state index contributed by atoms with van der Waals surface area (Å²) in [6.45, 7) is 3.99. The van der Waals surface area contributed by atoms with Gasteiger partial charge in [-0.1, -0.05) is 60.7 Å². The van der Waals surface area contributed by atoms with E-state index < -0.39 is 0 Å². The van der Waals surface area contributed by atoms with Crippen LogP contribution < -0.4 is 0 Å². The van der Waals surface area contributed by atoms with Crippen LogP contribution in [0.15, 0.2) is 76.3 Å². The van der Waals surface area contributed by atoms with Gasteiger partial charge in [0.2, 0.25) is 0 Å². The molecule has 0 aliphatic carbocycles. The highest BCUT2D eigenvalue weighted by Gasteiger charge is 2.18. The fourth-order valence-corrected chi connectivity index (χ4v) is 3.42. The predicted octanol–water partition coefficient (Wildman–Crippen LogP) is 6.03. The molecule has 1 heterocycles. The van der Waals surface area contributed by atoms with Crippen LogP contribution in [0.1, 0.15) is 35.4 Å². The predicted molar refractivity (Wildman–Crippen MR) is 110 cm³/mol. The van der Waals surface area contributed by atoms with Gasteiger partial charge in [0.05, 0.1) is 29.4 Å². The topological polar surface area (TPSA) is 34.5 Å². The van der Waals surface area contributed by atoms with Gasteiger partial charge in [-0.25, -0.2) is 4.99 Å². The molecule has 1 aromatic heterocycles. The molecule has 2 aromatic carbocycles. The third-order valence-electron chi connectivity index (χ3n) is 4.30. The number of methoxy groups -OCH3 is 1. The quantitative estimate of drug-likeness (QED) is 0.483. The fourth-order valence-electron chi connectivity index (χ4n) is 2.79. The minimum atomic E-state index is -0.0994. The summed E-state index contributed by atoms with van der Waals surface area (Å²) >= 11 is 3.66. The maximum atomic E-state index is 5.58. The van der Waals surface area contributed by atoms with Crippen molar-refractivity contribution in [3.05, 3.63) is 93.7 Å². The molecule has 0 fully saturated rings. The average molecular weight is 409 g/mol. The number of rotatable bonds is 5. The second-order valence-corrected chi connectivity index (χ2v) is 6.82. The first-order valence-electron chi connectivity index (χ1n) is 8.49. The van der Waals surface area contributed by atoms with Crippen molar-refractivity contribution in [3.63, 3.8) is 0 Å². The molecule has 3 rings (SSSR count). The summed E-state index contributed by atoms with van der Waals surface area (Å²) < 4.78 is 6.52. The Morgan fingerprint density at radius 1 is 1.00 bits per heavy atom. The normalized spacial score (nSPS) is 11.8. The van der Waals surface area contributed by atoms with Gasteiger partial charge in [0.25, 0.3) is 0 Å². The lowest BCUT2D eigenvalue weighted by Gasteiger charge is -2.17. The monoisotopic (exact) mass is 408 g/mol. The van der Waals surface area contributed by atoms with Crippen LogP contribution >= 0.6 is 15.9 Å². The molecule has 0 saturated heterocycles. The van der Waals surface area contributed by atoms with Crippen molar-refractivity contribution in [2.24, 2.45) is 4.99 Å². The molecule has 0 radical (unpaired) electrons. The highest BCUT2D eigenvalue weighted by molar-refractivity contribution is 9.10. The molecule has 1 unspecified atom stereocenters. The van der Waals surface area contributed by atoms with Crippen LogP contribution in [0.4, 0.5) is 5.69 Å². The van der Waals surface area contributed by atoms with Gasteiger partial charge in [-0.05, 0) is 29.8 Å². The Balaban J connectivity index is 2.23. The minimum absolute atomic E-state index is 0.0994. The van der Waals surface area contributed by atoms with Gasteiger partial charge in [-0.3, -0.25) is 4.98 Å². The number of aliphatic imine (C=N–C) groups is 1. The smallest absolute Gasteiger partial charge is 0.0890 e. The zero-order valence-electron chi connectivity index (χ0n) is 15.1. The van der Waals surface area contributed by atoms with Crippen molar-refractivity contribution in [1.82, 2.24) is 4.98 Å². The molecule has 0 bridgehead atoms. The number of halogens is 1. The number of aromatic nitrogens is 1. The maximum Gasteiger partial charge on any atom is 0.0890 e. The first kappa shape index (κ1) is 18.5. The zero-order chi connectivity index (χ0) is 18.5. The Hall–Kier alpha value is -2.30. The summed E-state index contributed by atoms with van der Waals surface area (Å²) in [5.41, 5.74) is 5.76. The first-order chi connectivity index (χ1) is 12.6. The molecule has 0 amide bonds. The second-order valence-electron chi connectivity index (χ2n) is 6.03. The molecule has 0 N–H and O–H groups in total.